The molecule has 0 amide bonds. The number of aryl methyl sites for hydroxylation is 1. The van der Waals surface area contributed by atoms with E-state index in [1.807, 2.05) is 6.92 Å². The Kier molecular flexibility index (Phi) is 3.24. The Hall–Kier alpha value is -1.46. The molecule has 0 unspecified atom stereocenters. The maximum Gasteiger partial charge on any atom is 0.147 e. The summed E-state index contributed by atoms with van der Waals surface area (Å²) in [6.45, 7) is 5.20. The zero-order valence-electron chi connectivity index (χ0n) is 10.6. The number of halogens is 2. The lowest BCUT2D eigenvalue weighted by molar-refractivity contribution is 0.207. The van der Waals surface area contributed by atoms with Gasteiger partial charge in [-0.05, 0) is 24.6 Å². The molecule has 1 aromatic heterocycles. The van der Waals surface area contributed by atoms with Crippen molar-refractivity contribution in [2.45, 2.75) is 26.6 Å². The number of fused-ring (bicyclic) bond motifs is 1. The molecule has 0 N–H and O–H groups in total. The molecule has 1 aliphatic heterocycles. The van der Waals surface area contributed by atoms with Crippen LogP contribution in [0.15, 0.2) is 18.2 Å². The predicted molar refractivity (Wildman–Crippen MR) is 70.3 cm³/mol. The van der Waals surface area contributed by atoms with E-state index in [4.69, 9.17) is 11.6 Å². The lowest BCUT2D eigenvalue weighted by Crippen LogP contribution is -2.33. The van der Waals surface area contributed by atoms with Gasteiger partial charge in [0.05, 0.1) is 6.54 Å². The highest BCUT2D eigenvalue weighted by Gasteiger charge is 2.20. The topological polar surface area (TPSA) is 34.0 Å². The maximum absolute atomic E-state index is 13.0. The highest BCUT2D eigenvalue weighted by Crippen LogP contribution is 2.21. The second-order valence-corrected chi connectivity index (χ2v) is 5.17. The summed E-state index contributed by atoms with van der Waals surface area (Å²) < 4.78 is 15.1. The lowest BCUT2D eigenvalue weighted by Gasteiger charge is -2.27. The molecule has 0 aliphatic carbocycles. The van der Waals surface area contributed by atoms with Gasteiger partial charge in [-0.25, -0.2) is 4.39 Å². The summed E-state index contributed by atoms with van der Waals surface area (Å²) in [5.41, 5.74) is 0.938. The third-order valence-electron chi connectivity index (χ3n) is 3.43. The smallest absolute Gasteiger partial charge is 0.147 e. The van der Waals surface area contributed by atoms with Crippen molar-refractivity contribution in [3.63, 3.8) is 0 Å². The first-order valence-corrected chi connectivity index (χ1v) is 6.56. The number of rotatable bonds is 2. The lowest BCUT2D eigenvalue weighted by atomic mass is 10.2. The molecule has 6 heteroatoms. The van der Waals surface area contributed by atoms with Crippen LogP contribution in [-0.2, 0) is 19.6 Å². The fourth-order valence-corrected chi connectivity index (χ4v) is 2.61. The van der Waals surface area contributed by atoms with Crippen molar-refractivity contribution in [3.8, 4) is 0 Å². The molecule has 3 rings (SSSR count). The molecule has 0 spiro atoms. The molecule has 2 aromatic rings. The Morgan fingerprint density at radius 3 is 2.95 bits per heavy atom. The van der Waals surface area contributed by atoms with Gasteiger partial charge < -0.3 is 4.57 Å². The minimum Gasteiger partial charge on any atom is -0.313 e. The van der Waals surface area contributed by atoms with Gasteiger partial charge in [-0.3, -0.25) is 4.90 Å². The fraction of sp³-hybridized carbons (Fsp3) is 0.385. The molecule has 1 aromatic carbocycles. The zero-order chi connectivity index (χ0) is 13.4. The molecule has 4 nitrogen and oxygen atoms in total. The summed E-state index contributed by atoms with van der Waals surface area (Å²) in [7, 11) is 0. The van der Waals surface area contributed by atoms with Gasteiger partial charge in [0, 0.05) is 24.7 Å². The predicted octanol–water partition coefficient (Wildman–Crippen LogP) is 2.39. The van der Waals surface area contributed by atoms with Crippen molar-refractivity contribution in [3.05, 3.63) is 46.3 Å². The SMILES string of the molecule is Cc1nnc2n1CCN(Cc1ccc(F)cc1Cl)C2. The Morgan fingerprint density at radius 2 is 2.16 bits per heavy atom. The molecule has 0 saturated carbocycles. The minimum atomic E-state index is -0.303. The van der Waals surface area contributed by atoms with Crippen LogP contribution >= 0.6 is 11.6 Å². The van der Waals surface area contributed by atoms with E-state index in [0.717, 1.165) is 36.8 Å². The monoisotopic (exact) mass is 280 g/mol. The first kappa shape index (κ1) is 12.6. The molecule has 100 valence electrons. The van der Waals surface area contributed by atoms with Crippen LogP contribution in [0, 0.1) is 12.7 Å². The number of hydrogen-bond acceptors (Lipinski definition) is 3. The van der Waals surface area contributed by atoms with E-state index in [2.05, 4.69) is 19.7 Å². The molecule has 1 aliphatic rings. The minimum absolute atomic E-state index is 0.303. The average molecular weight is 281 g/mol. The van der Waals surface area contributed by atoms with Crippen LogP contribution in [0.25, 0.3) is 0 Å². The quantitative estimate of drug-likeness (QED) is 0.847. The molecular formula is C13H14ClFN4. The molecule has 0 atom stereocenters. The molecule has 19 heavy (non-hydrogen) atoms. The van der Waals surface area contributed by atoms with Crippen LogP contribution in [0.2, 0.25) is 5.02 Å². The summed E-state index contributed by atoms with van der Waals surface area (Å²) in [6.07, 6.45) is 0. The second kappa shape index (κ2) is 4.90. The Labute approximate surface area is 115 Å². The van der Waals surface area contributed by atoms with Crippen LogP contribution in [0.4, 0.5) is 4.39 Å². The van der Waals surface area contributed by atoms with Gasteiger partial charge in [-0.1, -0.05) is 17.7 Å². The zero-order valence-corrected chi connectivity index (χ0v) is 11.4. The largest absolute Gasteiger partial charge is 0.313 e. The highest BCUT2D eigenvalue weighted by molar-refractivity contribution is 6.31. The molecular weight excluding hydrogens is 267 g/mol. The van der Waals surface area contributed by atoms with Crippen LogP contribution in [0.5, 0.6) is 0 Å². The van der Waals surface area contributed by atoms with Crippen molar-refractivity contribution < 1.29 is 4.39 Å². The Bertz CT molecular complexity index is 611. The van der Waals surface area contributed by atoms with E-state index >= 15 is 0 Å². The number of aromatic nitrogens is 3. The maximum atomic E-state index is 13.0. The third-order valence-corrected chi connectivity index (χ3v) is 3.78. The standard InChI is InChI=1S/C13H14ClFN4/c1-9-16-17-13-8-18(4-5-19(9)13)7-10-2-3-11(15)6-12(10)14/h2-3,6H,4-5,7-8H2,1H3. The molecule has 0 radical (unpaired) electrons. The van der Waals surface area contributed by atoms with Gasteiger partial charge in [-0.2, -0.15) is 0 Å². The van der Waals surface area contributed by atoms with E-state index in [1.165, 1.54) is 12.1 Å². The normalized spacial score (nSPS) is 15.5. The molecule has 2 heterocycles. The summed E-state index contributed by atoms with van der Waals surface area (Å²) >= 11 is 6.05. The van der Waals surface area contributed by atoms with Gasteiger partial charge in [0.1, 0.15) is 17.5 Å². The Morgan fingerprint density at radius 1 is 1.32 bits per heavy atom. The van der Waals surface area contributed by atoms with Crippen LogP contribution in [0.1, 0.15) is 17.2 Å². The van der Waals surface area contributed by atoms with Crippen LogP contribution < -0.4 is 0 Å². The highest BCUT2D eigenvalue weighted by atomic mass is 35.5. The van der Waals surface area contributed by atoms with Crippen LogP contribution in [0.3, 0.4) is 0 Å². The van der Waals surface area contributed by atoms with E-state index in [0.29, 0.717) is 11.6 Å². The van der Waals surface area contributed by atoms with Crippen molar-refractivity contribution in [1.82, 2.24) is 19.7 Å². The average Bonchev–Trinajstić information content (AvgIpc) is 2.74. The first-order valence-electron chi connectivity index (χ1n) is 6.18. The number of hydrogen-bond donors (Lipinski definition) is 0. The van der Waals surface area contributed by atoms with E-state index in [-0.39, 0.29) is 5.82 Å². The summed E-state index contributed by atoms with van der Waals surface area (Å²) in [5.74, 6) is 1.62. The Balaban J connectivity index is 1.75. The van der Waals surface area contributed by atoms with Crippen molar-refractivity contribution in [1.29, 1.82) is 0 Å². The fourth-order valence-electron chi connectivity index (χ4n) is 2.38. The third kappa shape index (κ3) is 2.48. The summed E-state index contributed by atoms with van der Waals surface area (Å²) in [5, 5.41) is 8.72. The van der Waals surface area contributed by atoms with Gasteiger partial charge >= 0.3 is 0 Å². The van der Waals surface area contributed by atoms with Gasteiger partial charge in [0.25, 0.3) is 0 Å². The number of nitrogens with zero attached hydrogens (tertiary/aromatic N) is 4. The van der Waals surface area contributed by atoms with Crippen molar-refractivity contribution in [2.75, 3.05) is 6.54 Å². The number of benzene rings is 1. The second-order valence-electron chi connectivity index (χ2n) is 4.76. The van der Waals surface area contributed by atoms with Gasteiger partial charge in [-0.15, -0.1) is 10.2 Å². The summed E-state index contributed by atoms with van der Waals surface area (Å²) in [6, 6.07) is 4.54. The van der Waals surface area contributed by atoms with Crippen LogP contribution in [-0.4, -0.2) is 26.2 Å². The van der Waals surface area contributed by atoms with Crippen molar-refractivity contribution >= 4 is 11.6 Å². The molecule has 0 saturated heterocycles. The van der Waals surface area contributed by atoms with E-state index in [9.17, 15) is 4.39 Å². The molecule has 0 fully saturated rings. The van der Waals surface area contributed by atoms with Gasteiger partial charge in [0.2, 0.25) is 0 Å². The van der Waals surface area contributed by atoms with E-state index < -0.39 is 0 Å². The van der Waals surface area contributed by atoms with Gasteiger partial charge in [0.15, 0.2) is 0 Å². The first-order chi connectivity index (χ1) is 9.13. The van der Waals surface area contributed by atoms with E-state index in [1.54, 1.807) is 6.07 Å². The van der Waals surface area contributed by atoms with Crippen molar-refractivity contribution in [2.24, 2.45) is 0 Å². The summed E-state index contributed by atoms with van der Waals surface area (Å²) in [4.78, 5) is 2.24. The molecule has 0 bridgehead atoms.